The molecule has 1 aliphatic heterocycles. The summed E-state index contributed by atoms with van der Waals surface area (Å²) in [6.07, 6.45) is 2.39. The molecule has 3 nitrogen and oxygen atoms in total. The quantitative estimate of drug-likeness (QED) is 0.821. The molecule has 1 unspecified atom stereocenters. The third-order valence-corrected chi connectivity index (χ3v) is 4.52. The third kappa shape index (κ3) is 5.73. The highest BCUT2D eigenvalue weighted by atomic mass is 35.5. The lowest BCUT2D eigenvalue weighted by atomic mass is 9.83. The monoisotopic (exact) mass is 314 g/mol. The van der Waals surface area contributed by atoms with E-state index in [4.69, 9.17) is 0 Å². The minimum atomic E-state index is 0. The van der Waals surface area contributed by atoms with Gasteiger partial charge in [0.15, 0.2) is 0 Å². The molecule has 1 aromatic carbocycles. The van der Waals surface area contributed by atoms with Gasteiger partial charge in [-0.3, -0.25) is 4.79 Å². The number of halogens is 1. The first kappa shape index (κ1) is 17.3. The largest absolute Gasteiger partial charge is 0.355 e. The Balaban J connectivity index is 0.00000200. The van der Waals surface area contributed by atoms with Crippen molar-refractivity contribution in [2.45, 2.75) is 24.7 Å². The molecule has 1 atom stereocenters. The Morgan fingerprint density at radius 3 is 2.80 bits per heavy atom. The summed E-state index contributed by atoms with van der Waals surface area (Å²) in [6, 6.07) is 10.0. The lowest BCUT2D eigenvalue weighted by Crippen LogP contribution is -2.46. The maximum absolute atomic E-state index is 11.8. The van der Waals surface area contributed by atoms with Gasteiger partial charge in [-0.1, -0.05) is 25.1 Å². The first-order valence-corrected chi connectivity index (χ1v) is 7.82. The average molecular weight is 315 g/mol. The summed E-state index contributed by atoms with van der Waals surface area (Å²) in [6.45, 7) is 5.12. The Bertz CT molecular complexity index is 408. The topological polar surface area (TPSA) is 41.1 Å². The minimum Gasteiger partial charge on any atom is -0.355 e. The van der Waals surface area contributed by atoms with Crippen LogP contribution >= 0.6 is 24.2 Å². The van der Waals surface area contributed by atoms with Gasteiger partial charge in [-0.05, 0) is 36.9 Å². The Morgan fingerprint density at radius 1 is 1.40 bits per heavy atom. The molecule has 1 fully saturated rings. The normalized spacial score (nSPS) is 21.9. The van der Waals surface area contributed by atoms with E-state index in [1.54, 1.807) is 11.8 Å². The van der Waals surface area contributed by atoms with E-state index in [0.29, 0.717) is 5.75 Å². The van der Waals surface area contributed by atoms with E-state index >= 15 is 0 Å². The predicted molar refractivity (Wildman–Crippen MR) is 87.6 cm³/mol. The van der Waals surface area contributed by atoms with Crippen LogP contribution in [-0.2, 0) is 4.79 Å². The van der Waals surface area contributed by atoms with Crippen molar-refractivity contribution in [3.05, 3.63) is 30.3 Å². The van der Waals surface area contributed by atoms with Gasteiger partial charge in [0.05, 0.1) is 5.75 Å². The highest BCUT2D eigenvalue weighted by Gasteiger charge is 2.26. The van der Waals surface area contributed by atoms with Gasteiger partial charge in [0.25, 0.3) is 0 Å². The Kier molecular flexibility index (Phi) is 7.41. The van der Waals surface area contributed by atoms with Crippen LogP contribution in [0.25, 0.3) is 0 Å². The molecule has 1 aliphatic rings. The molecule has 1 aromatic rings. The SMILES string of the molecule is CC1(CNC(=O)CSc2ccccc2)CCCNC1.Cl. The van der Waals surface area contributed by atoms with Crippen LogP contribution in [0.2, 0.25) is 0 Å². The van der Waals surface area contributed by atoms with Crippen molar-refractivity contribution < 1.29 is 4.79 Å². The van der Waals surface area contributed by atoms with Crippen LogP contribution in [0.15, 0.2) is 35.2 Å². The number of amides is 1. The summed E-state index contributed by atoms with van der Waals surface area (Å²) >= 11 is 1.59. The maximum atomic E-state index is 11.8. The van der Waals surface area contributed by atoms with Gasteiger partial charge in [0.1, 0.15) is 0 Å². The van der Waals surface area contributed by atoms with Crippen molar-refractivity contribution >= 4 is 30.1 Å². The Labute approximate surface area is 131 Å². The third-order valence-electron chi connectivity index (χ3n) is 3.51. The molecule has 0 bridgehead atoms. The molecule has 1 amide bonds. The van der Waals surface area contributed by atoms with Gasteiger partial charge in [-0.2, -0.15) is 0 Å². The van der Waals surface area contributed by atoms with Gasteiger partial charge in [0.2, 0.25) is 5.91 Å². The molecule has 1 saturated heterocycles. The number of carbonyl (C=O) groups is 1. The second-order valence-electron chi connectivity index (χ2n) is 5.47. The smallest absolute Gasteiger partial charge is 0.230 e. The summed E-state index contributed by atoms with van der Waals surface area (Å²) in [4.78, 5) is 13.0. The van der Waals surface area contributed by atoms with E-state index < -0.39 is 0 Å². The summed E-state index contributed by atoms with van der Waals surface area (Å²) in [5, 5.41) is 6.46. The molecule has 5 heteroatoms. The lowest BCUT2D eigenvalue weighted by molar-refractivity contribution is -0.119. The van der Waals surface area contributed by atoms with E-state index in [9.17, 15) is 4.79 Å². The van der Waals surface area contributed by atoms with Crippen LogP contribution in [0.5, 0.6) is 0 Å². The Morgan fingerprint density at radius 2 is 2.15 bits per heavy atom. The number of benzene rings is 1. The van der Waals surface area contributed by atoms with E-state index in [0.717, 1.165) is 24.5 Å². The molecule has 112 valence electrons. The van der Waals surface area contributed by atoms with Crippen LogP contribution in [0.4, 0.5) is 0 Å². The second kappa shape index (κ2) is 8.55. The van der Waals surface area contributed by atoms with Crippen molar-refractivity contribution in [1.29, 1.82) is 0 Å². The van der Waals surface area contributed by atoms with Crippen LogP contribution < -0.4 is 10.6 Å². The summed E-state index contributed by atoms with van der Waals surface area (Å²) in [5.41, 5.74) is 0.214. The molecular weight excluding hydrogens is 292 g/mol. The summed E-state index contributed by atoms with van der Waals surface area (Å²) < 4.78 is 0. The zero-order valence-electron chi connectivity index (χ0n) is 11.9. The molecule has 20 heavy (non-hydrogen) atoms. The Hall–Kier alpha value is -0.710. The van der Waals surface area contributed by atoms with Gasteiger partial charge >= 0.3 is 0 Å². The zero-order valence-corrected chi connectivity index (χ0v) is 13.5. The second-order valence-corrected chi connectivity index (χ2v) is 6.52. The molecular formula is C15H23ClN2OS. The van der Waals surface area contributed by atoms with E-state index in [1.165, 1.54) is 12.8 Å². The van der Waals surface area contributed by atoms with Gasteiger partial charge in [-0.15, -0.1) is 24.2 Å². The van der Waals surface area contributed by atoms with Crippen molar-refractivity contribution in [1.82, 2.24) is 10.6 Å². The van der Waals surface area contributed by atoms with Crippen molar-refractivity contribution in [2.75, 3.05) is 25.4 Å². The van der Waals surface area contributed by atoms with Crippen molar-refractivity contribution in [3.8, 4) is 0 Å². The van der Waals surface area contributed by atoms with E-state index in [2.05, 4.69) is 17.6 Å². The van der Waals surface area contributed by atoms with E-state index in [-0.39, 0.29) is 23.7 Å². The highest BCUT2D eigenvalue weighted by molar-refractivity contribution is 8.00. The number of thioether (sulfide) groups is 1. The number of carbonyl (C=O) groups excluding carboxylic acids is 1. The molecule has 0 aromatic heterocycles. The standard InChI is InChI=1S/C15H22N2OS.ClH/c1-15(8-5-9-16-11-15)12-17-14(18)10-19-13-6-3-2-4-7-13;/h2-4,6-7,16H,5,8-12H2,1H3,(H,17,18);1H. The fourth-order valence-electron chi connectivity index (χ4n) is 2.30. The zero-order chi connectivity index (χ0) is 13.6. The van der Waals surface area contributed by atoms with Crippen LogP contribution in [0.3, 0.4) is 0 Å². The maximum Gasteiger partial charge on any atom is 0.230 e. The molecule has 2 N–H and O–H groups in total. The number of hydrogen-bond acceptors (Lipinski definition) is 3. The predicted octanol–water partition coefficient (Wildman–Crippen LogP) is 2.71. The number of rotatable bonds is 5. The number of piperidine rings is 1. The molecule has 0 aliphatic carbocycles. The van der Waals surface area contributed by atoms with Gasteiger partial charge in [0, 0.05) is 18.0 Å². The summed E-state index contributed by atoms with van der Waals surface area (Å²) in [5.74, 6) is 0.619. The van der Waals surface area contributed by atoms with Crippen LogP contribution in [0, 0.1) is 5.41 Å². The number of hydrogen-bond donors (Lipinski definition) is 2. The fourth-order valence-corrected chi connectivity index (χ4v) is 3.05. The number of nitrogens with one attached hydrogen (secondary N) is 2. The van der Waals surface area contributed by atoms with Gasteiger partial charge in [-0.25, -0.2) is 0 Å². The lowest BCUT2D eigenvalue weighted by Gasteiger charge is -2.34. The highest BCUT2D eigenvalue weighted by Crippen LogP contribution is 2.24. The average Bonchev–Trinajstić information content (AvgIpc) is 2.45. The fraction of sp³-hybridized carbons (Fsp3) is 0.533. The molecule has 2 rings (SSSR count). The molecule has 0 radical (unpaired) electrons. The van der Waals surface area contributed by atoms with Crippen LogP contribution in [0.1, 0.15) is 19.8 Å². The van der Waals surface area contributed by atoms with E-state index in [1.807, 2.05) is 30.3 Å². The molecule has 0 spiro atoms. The molecule has 1 heterocycles. The first-order valence-electron chi connectivity index (χ1n) is 6.83. The van der Waals surface area contributed by atoms with Crippen molar-refractivity contribution in [3.63, 3.8) is 0 Å². The molecule has 0 saturated carbocycles. The summed E-state index contributed by atoms with van der Waals surface area (Å²) in [7, 11) is 0. The minimum absolute atomic E-state index is 0. The first-order chi connectivity index (χ1) is 9.18. The van der Waals surface area contributed by atoms with Crippen LogP contribution in [-0.4, -0.2) is 31.3 Å². The van der Waals surface area contributed by atoms with Gasteiger partial charge < -0.3 is 10.6 Å². The van der Waals surface area contributed by atoms with Crippen molar-refractivity contribution in [2.24, 2.45) is 5.41 Å².